The van der Waals surface area contributed by atoms with E-state index in [-0.39, 0.29) is 12.6 Å². The van der Waals surface area contributed by atoms with Gasteiger partial charge in [-0.3, -0.25) is 0 Å². The standard InChI is InChI=1S/C12H19NOS/c1-13-12(9-14)7-8-15-10-11-5-3-2-4-6-11/h2-6,12-14H,7-10H2,1H3. The molecule has 3 heteroatoms. The molecular formula is C12H19NOS. The molecule has 0 bridgehead atoms. The van der Waals surface area contributed by atoms with Crippen molar-refractivity contribution in [3.05, 3.63) is 35.9 Å². The molecule has 1 aromatic carbocycles. The third kappa shape index (κ3) is 5.21. The van der Waals surface area contributed by atoms with Crippen LogP contribution in [-0.2, 0) is 5.75 Å². The lowest BCUT2D eigenvalue weighted by molar-refractivity contribution is 0.246. The lowest BCUT2D eigenvalue weighted by atomic mass is 10.2. The molecule has 0 radical (unpaired) electrons. The summed E-state index contributed by atoms with van der Waals surface area (Å²) in [4.78, 5) is 0. The molecule has 0 spiro atoms. The molecule has 0 aromatic heterocycles. The Bertz CT molecular complexity index is 249. The van der Waals surface area contributed by atoms with Gasteiger partial charge in [-0.05, 0) is 24.8 Å². The lowest BCUT2D eigenvalue weighted by Gasteiger charge is -2.11. The fourth-order valence-corrected chi connectivity index (χ4v) is 2.34. The first-order chi connectivity index (χ1) is 7.36. The largest absolute Gasteiger partial charge is 0.395 e. The van der Waals surface area contributed by atoms with Crippen molar-refractivity contribution >= 4 is 11.8 Å². The van der Waals surface area contributed by atoms with Crippen molar-refractivity contribution in [2.45, 2.75) is 18.2 Å². The molecule has 0 aliphatic carbocycles. The smallest absolute Gasteiger partial charge is 0.0584 e. The summed E-state index contributed by atoms with van der Waals surface area (Å²) in [6, 6.07) is 10.7. The van der Waals surface area contributed by atoms with E-state index in [9.17, 15) is 0 Å². The summed E-state index contributed by atoms with van der Waals surface area (Å²) in [7, 11) is 1.89. The maximum atomic E-state index is 8.97. The molecule has 84 valence electrons. The molecule has 0 amide bonds. The van der Waals surface area contributed by atoms with Crippen molar-refractivity contribution < 1.29 is 5.11 Å². The molecule has 2 nitrogen and oxygen atoms in total. The van der Waals surface area contributed by atoms with Crippen LogP contribution in [0.15, 0.2) is 30.3 Å². The highest BCUT2D eigenvalue weighted by molar-refractivity contribution is 7.98. The number of benzene rings is 1. The van der Waals surface area contributed by atoms with Gasteiger partial charge in [0.1, 0.15) is 0 Å². The Kier molecular flexibility index (Phi) is 6.48. The van der Waals surface area contributed by atoms with Crippen LogP contribution in [-0.4, -0.2) is 30.6 Å². The van der Waals surface area contributed by atoms with Gasteiger partial charge in [0.05, 0.1) is 6.61 Å². The predicted octanol–water partition coefficient (Wildman–Crippen LogP) is 1.89. The van der Waals surface area contributed by atoms with Gasteiger partial charge in [-0.25, -0.2) is 0 Å². The fraction of sp³-hybridized carbons (Fsp3) is 0.500. The van der Waals surface area contributed by atoms with E-state index in [2.05, 4.69) is 29.6 Å². The average molecular weight is 225 g/mol. The van der Waals surface area contributed by atoms with Crippen LogP contribution in [0.4, 0.5) is 0 Å². The first kappa shape index (κ1) is 12.6. The first-order valence-electron chi connectivity index (χ1n) is 5.26. The number of aliphatic hydroxyl groups excluding tert-OH is 1. The van der Waals surface area contributed by atoms with Gasteiger partial charge in [-0.2, -0.15) is 11.8 Å². The Labute approximate surface area is 96.1 Å². The third-order valence-electron chi connectivity index (χ3n) is 2.35. The topological polar surface area (TPSA) is 32.3 Å². The van der Waals surface area contributed by atoms with Crippen molar-refractivity contribution in [2.75, 3.05) is 19.4 Å². The van der Waals surface area contributed by atoms with Crippen molar-refractivity contribution in [3.63, 3.8) is 0 Å². The minimum Gasteiger partial charge on any atom is -0.395 e. The van der Waals surface area contributed by atoms with Crippen LogP contribution >= 0.6 is 11.8 Å². The highest BCUT2D eigenvalue weighted by atomic mass is 32.2. The summed E-state index contributed by atoms with van der Waals surface area (Å²) in [6.07, 6.45) is 1.02. The Balaban J connectivity index is 2.12. The minimum absolute atomic E-state index is 0.225. The molecule has 15 heavy (non-hydrogen) atoms. The monoisotopic (exact) mass is 225 g/mol. The Morgan fingerprint density at radius 2 is 2.07 bits per heavy atom. The molecular weight excluding hydrogens is 206 g/mol. The molecule has 1 atom stereocenters. The van der Waals surface area contributed by atoms with E-state index in [4.69, 9.17) is 5.11 Å². The van der Waals surface area contributed by atoms with E-state index in [1.807, 2.05) is 24.9 Å². The molecule has 1 unspecified atom stereocenters. The lowest BCUT2D eigenvalue weighted by Crippen LogP contribution is -2.29. The summed E-state index contributed by atoms with van der Waals surface area (Å²) < 4.78 is 0. The van der Waals surface area contributed by atoms with E-state index in [0.29, 0.717) is 0 Å². The molecule has 1 rings (SSSR count). The van der Waals surface area contributed by atoms with Crippen molar-refractivity contribution in [2.24, 2.45) is 0 Å². The second kappa shape index (κ2) is 7.74. The third-order valence-corrected chi connectivity index (χ3v) is 3.41. The van der Waals surface area contributed by atoms with E-state index >= 15 is 0 Å². The second-order valence-corrected chi connectivity index (χ2v) is 4.60. The summed E-state index contributed by atoms with van der Waals surface area (Å²) in [5, 5.41) is 12.1. The molecule has 0 aliphatic heterocycles. The average Bonchev–Trinajstić information content (AvgIpc) is 2.31. The van der Waals surface area contributed by atoms with E-state index in [0.717, 1.165) is 17.9 Å². The quantitative estimate of drug-likeness (QED) is 0.695. The van der Waals surface area contributed by atoms with Gasteiger partial charge in [-0.1, -0.05) is 30.3 Å². The minimum atomic E-state index is 0.225. The van der Waals surface area contributed by atoms with Crippen LogP contribution in [0, 0.1) is 0 Å². The van der Waals surface area contributed by atoms with Crippen molar-refractivity contribution in [3.8, 4) is 0 Å². The Hall–Kier alpha value is -0.510. The zero-order valence-corrected chi connectivity index (χ0v) is 9.96. The van der Waals surface area contributed by atoms with Gasteiger partial charge in [0.2, 0.25) is 0 Å². The number of nitrogens with one attached hydrogen (secondary N) is 1. The SMILES string of the molecule is CNC(CO)CCSCc1ccccc1. The normalized spacial score (nSPS) is 12.7. The number of rotatable bonds is 7. The Morgan fingerprint density at radius 1 is 1.33 bits per heavy atom. The van der Waals surface area contributed by atoms with Crippen LogP contribution in [0.2, 0.25) is 0 Å². The van der Waals surface area contributed by atoms with Gasteiger partial charge in [0.15, 0.2) is 0 Å². The summed E-state index contributed by atoms with van der Waals surface area (Å²) in [6.45, 7) is 0.225. The van der Waals surface area contributed by atoms with Crippen LogP contribution < -0.4 is 5.32 Å². The molecule has 0 heterocycles. The predicted molar refractivity (Wildman–Crippen MR) is 67.2 cm³/mol. The van der Waals surface area contributed by atoms with E-state index in [1.165, 1.54) is 5.56 Å². The van der Waals surface area contributed by atoms with Crippen LogP contribution in [0.5, 0.6) is 0 Å². The van der Waals surface area contributed by atoms with Gasteiger partial charge in [-0.15, -0.1) is 0 Å². The molecule has 0 saturated heterocycles. The summed E-state index contributed by atoms with van der Waals surface area (Å²) in [5.41, 5.74) is 1.37. The second-order valence-electron chi connectivity index (χ2n) is 3.50. The molecule has 0 aliphatic rings. The number of aliphatic hydroxyl groups is 1. The van der Waals surface area contributed by atoms with Crippen LogP contribution in [0.25, 0.3) is 0 Å². The summed E-state index contributed by atoms with van der Waals surface area (Å²) >= 11 is 1.91. The fourth-order valence-electron chi connectivity index (χ4n) is 1.32. The van der Waals surface area contributed by atoms with Gasteiger partial charge in [0, 0.05) is 11.8 Å². The number of thioether (sulfide) groups is 1. The van der Waals surface area contributed by atoms with E-state index < -0.39 is 0 Å². The van der Waals surface area contributed by atoms with E-state index in [1.54, 1.807) is 0 Å². The maximum Gasteiger partial charge on any atom is 0.0584 e. The zero-order chi connectivity index (χ0) is 10.9. The van der Waals surface area contributed by atoms with Crippen LogP contribution in [0.1, 0.15) is 12.0 Å². The molecule has 0 fully saturated rings. The zero-order valence-electron chi connectivity index (χ0n) is 9.15. The summed E-state index contributed by atoms with van der Waals surface area (Å²) in [5.74, 6) is 2.14. The van der Waals surface area contributed by atoms with Crippen LogP contribution in [0.3, 0.4) is 0 Å². The maximum absolute atomic E-state index is 8.97. The highest BCUT2D eigenvalue weighted by Crippen LogP contribution is 2.13. The van der Waals surface area contributed by atoms with Gasteiger partial charge < -0.3 is 10.4 Å². The molecule has 2 N–H and O–H groups in total. The number of hydrogen-bond acceptors (Lipinski definition) is 3. The van der Waals surface area contributed by atoms with Gasteiger partial charge >= 0.3 is 0 Å². The van der Waals surface area contributed by atoms with Crippen molar-refractivity contribution in [1.29, 1.82) is 0 Å². The Morgan fingerprint density at radius 3 is 2.67 bits per heavy atom. The molecule has 0 saturated carbocycles. The molecule has 1 aromatic rings. The number of likely N-dealkylation sites (N-methyl/N-ethyl adjacent to an activating group) is 1. The number of hydrogen-bond donors (Lipinski definition) is 2. The van der Waals surface area contributed by atoms with Crippen molar-refractivity contribution in [1.82, 2.24) is 5.32 Å². The van der Waals surface area contributed by atoms with Gasteiger partial charge in [0.25, 0.3) is 0 Å². The first-order valence-corrected chi connectivity index (χ1v) is 6.42. The highest BCUT2D eigenvalue weighted by Gasteiger charge is 2.02.